The van der Waals surface area contributed by atoms with Gasteiger partial charge in [0.2, 0.25) is 11.8 Å². The molecule has 2 N–H and O–H groups in total. The molecule has 2 aromatic carbocycles. The number of benzene rings is 2. The van der Waals surface area contributed by atoms with Crippen LogP contribution >= 0.6 is 23.1 Å². The van der Waals surface area contributed by atoms with Crippen LogP contribution in [-0.4, -0.2) is 52.0 Å². The molecule has 2 aliphatic heterocycles. The molecule has 9 nitrogen and oxygen atoms in total. The Kier molecular flexibility index (Phi) is 8.42. The maximum atomic E-state index is 13.8. The normalized spacial score (nSPS) is 18.4. The average Bonchev–Trinajstić information content (AvgIpc) is 3.48. The minimum absolute atomic E-state index is 0.0449. The Morgan fingerprint density at radius 3 is 2.33 bits per heavy atom. The van der Waals surface area contributed by atoms with Gasteiger partial charge in [-0.3, -0.25) is 19.3 Å². The first-order chi connectivity index (χ1) is 19.4. The van der Waals surface area contributed by atoms with Crippen LogP contribution in [0.3, 0.4) is 0 Å². The van der Waals surface area contributed by atoms with Crippen LogP contribution in [0, 0.1) is 0 Å². The topological polar surface area (TPSA) is 117 Å². The predicted octanol–water partition coefficient (Wildman–Crippen LogP) is 3.40. The van der Waals surface area contributed by atoms with E-state index in [2.05, 4.69) is 15.8 Å². The molecule has 40 heavy (non-hydrogen) atoms. The third-order valence-corrected chi connectivity index (χ3v) is 8.47. The van der Waals surface area contributed by atoms with Crippen molar-refractivity contribution in [1.29, 1.82) is 0 Å². The summed E-state index contributed by atoms with van der Waals surface area (Å²) >= 11 is 2.87. The van der Waals surface area contributed by atoms with Crippen molar-refractivity contribution in [3.8, 4) is 0 Å². The van der Waals surface area contributed by atoms with Crippen LogP contribution in [0.25, 0.3) is 0 Å². The number of amides is 3. The van der Waals surface area contributed by atoms with Gasteiger partial charge in [-0.05, 0) is 22.6 Å². The summed E-state index contributed by atoms with van der Waals surface area (Å²) in [6.07, 6.45) is 0.812. The van der Waals surface area contributed by atoms with Gasteiger partial charge in [-0.25, -0.2) is 10.2 Å². The molecule has 3 amide bonds. The zero-order chi connectivity index (χ0) is 28.1. The minimum atomic E-state index is -0.770. The monoisotopic (exact) mass is 574 g/mol. The molecule has 3 heterocycles. The first kappa shape index (κ1) is 27.4. The Balaban J connectivity index is 1.41. The van der Waals surface area contributed by atoms with E-state index in [1.54, 1.807) is 0 Å². The van der Waals surface area contributed by atoms with Crippen molar-refractivity contribution in [3.05, 3.63) is 105 Å². The highest BCUT2D eigenvalue weighted by Gasteiger charge is 2.54. The summed E-state index contributed by atoms with van der Waals surface area (Å²) in [7, 11) is 0. The van der Waals surface area contributed by atoms with Crippen molar-refractivity contribution in [1.82, 2.24) is 15.6 Å². The zero-order valence-electron chi connectivity index (χ0n) is 21.5. The number of ether oxygens (including phenoxy) is 1. The van der Waals surface area contributed by atoms with Gasteiger partial charge in [0.15, 0.2) is 6.10 Å². The van der Waals surface area contributed by atoms with Crippen molar-refractivity contribution in [2.45, 2.75) is 30.9 Å². The number of hydrazone groups is 1. The maximum Gasteiger partial charge on any atom is 0.356 e. The lowest BCUT2D eigenvalue weighted by Gasteiger charge is -2.49. The number of nitrogens with one attached hydrogen (secondary N) is 2. The highest BCUT2D eigenvalue weighted by Crippen LogP contribution is 2.41. The lowest BCUT2D eigenvalue weighted by Crippen LogP contribution is -2.70. The van der Waals surface area contributed by atoms with E-state index in [0.717, 1.165) is 16.0 Å². The second-order valence-corrected chi connectivity index (χ2v) is 11.3. The van der Waals surface area contributed by atoms with E-state index in [4.69, 9.17) is 4.74 Å². The minimum Gasteiger partial charge on any atom is -0.448 e. The lowest BCUT2D eigenvalue weighted by molar-refractivity contribution is -0.154. The van der Waals surface area contributed by atoms with Crippen LogP contribution in [0.1, 0.15) is 29.0 Å². The molecule has 2 aliphatic rings. The van der Waals surface area contributed by atoms with Crippen molar-refractivity contribution in [3.63, 3.8) is 0 Å². The number of fused-ring (bicyclic) bond motifs is 1. The van der Waals surface area contributed by atoms with E-state index in [0.29, 0.717) is 11.3 Å². The number of β-lactam (4-membered cyclic amide) rings is 1. The number of esters is 1. The fourth-order valence-corrected chi connectivity index (χ4v) is 6.48. The standard InChI is InChI=1S/C29H26N4O5S2/c1-18(34)32-30-16-21-17-40-28-24(31-23(35)15-22-13-8-14-39-22)27(36)33(28)25(21)29(37)38-26(19-9-4-2-5-10-19)20-11-6-3-7-12-20/h2-14,16,24,26,28H,15,17H2,1H3,(H,31,35)(H,32,34)/b30-16+/t24?,28-/m1/s1. The molecule has 0 saturated carbocycles. The van der Waals surface area contributed by atoms with Crippen molar-refractivity contribution in [2.75, 3.05) is 5.75 Å². The molecule has 1 fully saturated rings. The largest absolute Gasteiger partial charge is 0.448 e. The van der Waals surface area contributed by atoms with Gasteiger partial charge in [0, 0.05) is 23.1 Å². The molecule has 5 rings (SSSR count). The van der Waals surface area contributed by atoms with E-state index >= 15 is 0 Å². The fraction of sp³-hybridized carbons (Fsp3) is 0.207. The summed E-state index contributed by atoms with van der Waals surface area (Å²) in [4.78, 5) is 53.4. The molecule has 11 heteroatoms. The Bertz CT molecular complexity index is 1420. The molecule has 0 bridgehead atoms. The molecule has 1 aromatic heterocycles. The molecule has 2 atom stereocenters. The van der Waals surface area contributed by atoms with Gasteiger partial charge < -0.3 is 10.1 Å². The van der Waals surface area contributed by atoms with Crippen LogP contribution < -0.4 is 10.7 Å². The predicted molar refractivity (Wildman–Crippen MR) is 153 cm³/mol. The number of thiophene rings is 1. The van der Waals surface area contributed by atoms with Gasteiger partial charge in [-0.2, -0.15) is 5.10 Å². The van der Waals surface area contributed by atoms with Crippen molar-refractivity contribution < 1.29 is 23.9 Å². The summed E-state index contributed by atoms with van der Waals surface area (Å²) < 4.78 is 6.07. The number of thioether (sulfide) groups is 1. The van der Waals surface area contributed by atoms with E-state index in [-0.39, 0.29) is 23.9 Å². The molecular formula is C29H26N4O5S2. The van der Waals surface area contributed by atoms with Crippen LogP contribution in [0.4, 0.5) is 0 Å². The van der Waals surface area contributed by atoms with Crippen LogP contribution in [0.15, 0.2) is 94.5 Å². The van der Waals surface area contributed by atoms with E-state index in [1.807, 2.05) is 78.2 Å². The Hall–Kier alpha value is -4.22. The van der Waals surface area contributed by atoms with Gasteiger partial charge >= 0.3 is 5.97 Å². The SMILES string of the molecule is CC(=O)N/N=C/C1=C(C(=O)OC(c2ccccc2)c2ccccc2)N2C(=O)C(NC(=O)Cc3cccs3)[C@H]2SC1. The van der Waals surface area contributed by atoms with Crippen LogP contribution in [0.5, 0.6) is 0 Å². The van der Waals surface area contributed by atoms with Gasteiger partial charge in [0.25, 0.3) is 5.91 Å². The maximum absolute atomic E-state index is 13.8. The zero-order valence-corrected chi connectivity index (χ0v) is 23.1. The van der Waals surface area contributed by atoms with Crippen LogP contribution in [-0.2, 0) is 30.3 Å². The summed E-state index contributed by atoms with van der Waals surface area (Å²) in [5, 5.41) is 8.16. The molecule has 3 aromatic rings. The Morgan fingerprint density at radius 1 is 1.05 bits per heavy atom. The summed E-state index contributed by atoms with van der Waals surface area (Å²) in [6, 6.07) is 21.6. The lowest BCUT2D eigenvalue weighted by atomic mass is 10.0. The Morgan fingerprint density at radius 2 is 1.73 bits per heavy atom. The second kappa shape index (κ2) is 12.3. The molecule has 0 aliphatic carbocycles. The molecule has 1 unspecified atom stereocenters. The summed E-state index contributed by atoms with van der Waals surface area (Å²) in [6.45, 7) is 1.32. The third-order valence-electron chi connectivity index (χ3n) is 6.29. The van der Waals surface area contributed by atoms with Gasteiger partial charge in [0.05, 0.1) is 12.6 Å². The van der Waals surface area contributed by atoms with E-state index in [1.165, 1.54) is 41.1 Å². The third kappa shape index (κ3) is 6.00. The fourth-order valence-electron chi connectivity index (χ4n) is 4.48. The van der Waals surface area contributed by atoms with Crippen LogP contribution in [0.2, 0.25) is 0 Å². The number of carbonyl (C=O) groups is 4. The van der Waals surface area contributed by atoms with Crippen molar-refractivity contribution >= 4 is 53.0 Å². The first-order valence-electron chi connectivity index (χ1n) is 12.5. The van der Waals surface area contributed by atoms with Gasteiger partial charge in [-0.1, -0.05) is 66.7 Å². The number of hydrogen-bond donors (Lipinski definition) is 2. The number of hydrogen-bond acceptors (Lipinski definition) is 8. The number of nitrogens with zero attached hydrogens (tertiary/aromatic N) is 2. The average molecular weight is 575 g/mol. The summed E-state index contributed by atoms with van der Waals surface area (Å²) in [5.41, 5.74) is 4.34. The highest BCUT2D eigenvalue weighted by atomic mass is 32.2. The van der Waals surface area contributed by atoms with E-state index < -0.39 is 29.4 Å². The first-order valence-corrected chi connectivity index (χ1v) is 14.5. The quantitative estimate of drug-likeness (QED) is 0.175. The highest BCUT2D eigenvalue weighted by molar-refractivity contribution is 8.00. The molecule has 0 spiro atoms. The van der Waals surface area contributed by atoms with E-state index in [9.17, 15) is 19.2 Å². The number of rotatable bonds is 9. The van der Waals surface area contributed by atoms with Gasteiger partial charge in [0.1, 0.15) is 17.1 Å². The number of carbonyl (C=O) groups excluding carboxylic acids is 4. The van der Waals surface area contributed by atoms with Crippen molar-refractivity contribution in [2.24, 2.45) is 5.10 Å². The Labute approximate surface area is 239 Å². The molecule has 0 radical (unpaired) electrons. The molecule has 204 valence electrons. The van der Waals surface area contributed by atoms with Gasteiger partial charge in [-0.15, -0.1) is 23.1 Å². The molecular weight excluding hydrogens is 548 g/mol. The molecule has 1 saturated heterocycles. The summed E-state index contributed by atoms with van der Waals surface area (Å²) in [5.74, 6) is -1.43. The smallest absolute Gasteiger partial charge is 0.356 e. The second-order valence-electron chi connectivity index (χ2n) is 9.12.